The summed E-state index contributed by atoms with van der Waals surface area (Å²) >= 11 is 1.30. The van der Waals surface area contributed by atoms with E-state index in [0.717, 1.165) is 17.5 Å². The summed E-state index contributed by atoms with van der Waals surface area (Å²) in [6, 6.07) is 11.8. The summed E-state index contributed by atoms with van der Waals surface area (Å²) in [5, 5.41) is 9.10. The minimum absolute atomic E-state index is 0.0434. The van der Waals surface area contributed by atoms with Gasteiger partial charge in [0.1, 0.15) is 11.2 Å². The number of aryl methyl sites for hydroxylation is 1. The van der Waals surface area contributed by atoms with E-state index < -0.39 is 5.69 Å². The third-order valence-electron chi connectivity index (χ3n) is 5.35. The molecule has 0 fully saturated rings. The quantitative estimate of drug-likeness (QED) is 0.444. The van der Waals surface area contributed by atoms with E-state index in [1.54, 1.807) is 11.4 Å². The lowest BCUT2D eigenvalue weighted by Crippen LogP contribution is -2.38. The van der Waals surface area contributed by atoms with Crippen LogP contribution in [-0.2, 0) is 24.3 Å². The molecular formula is C23H27N5O3S. The summed E-state index contributed by atoms with van der Waals surface area (Å²) in [4.78, 5) is 38.7. The highest BCUT2D eigenvalue weighted by Crippen LogP contribution is 2.17. The number of thiophene rings is 1. The van der Waals surface area contributed by atoms with Gasteiger partial charge in [0.2, 0.25) is 11.7 Å². The van der Waals surface area contributed by atoms with Crippen LogP contribution in [-0.4, -0.2) is 30.7 Å². The SMILES string of the molecule is CC(C)Cn1c(=O)c2sccc2n2c(=O)n(CC(=O)NC(C)CCc3ccccc3)nc12. The lowest BCUT2D eigenvalue weighted by Gasteiger charge is -2.13. The maximum Gasteiger partial charge on any atom is 0.352 e. The van der Waals surface area contributed by atoms with Crippen molar-refractivity contribution in [3.05, 3.63) is 68.2 Å². The monoisotopic (exact) mass is 453 g/mol. The molecule has 1 atom stereocenters. The van der Waals surface area contributed by atoms with E-state index in [1.807, 2.05) is 39.0 Å². The van der Waals surface area contributed by atoms with E-state index in [-0.39, 0.29) is 35.7 Å². The molecule has 168 valence electrons. The molecule has 0 radical (unpaired) electrons. The molecule has 0 aliphatic carbocycles. The molecule has 1 aromatic carbocycles. The summed E-state index contributed by atoms with van der Waals surface area (Å²) < 4.78 is 4.62. The van der Waals surface area contributed by atoms with Crippen molar-refractivity contribution in [2.75, 3.05) is 0 Å². The normalized spacial score (nSPS) is 12.6. The van der Waals surface area contributed by atoms with E-state index >= 15 is 0 Å². The van der Waals surface area contributed by atoms with Crippen molar-refractivity contribution >= 4 is 33.2 Å². The van der Waals surface area contributed by atoms with Crippen LogP contribution < -0.4 is 16.6 Å². The van der Waals surface area contributed by atoms with Gasteiger partial charge in [0, 0.05) is 12.6 Å². The van der Waals surface area contributed by atoms with Gasteiger partial charge in [0.25, 0.3) is 5.56 Å². The summed E-state index contributed by atoms with van der Waals surface area (Å²) in [5.41, 5.74) is 1.16. The number of amides is 1. The predicted molar refractivity (Wildman–Crippen MR) is 126 cm³/mol. The van der Waals surface area contributed by atoms with Crippen LogP contribution in [0.3, 0.4) is 0 Å². The molecule has 0 aliphatic rings. The first-order chi connectivity index (χ1) is 15.3. The first-order valence-corrected chi connectivity index (χ1v) is 11.7. The third-order valence-corrected chi connectivity index (χ3v) is 6.24. The summed E-state index contributed by atoms with van der Waals surface area (Å²) in [7, 11) is 0. The van der Waals surface area contributed by atoms with Crippen molar-refractivity contribution in [2.45, 2.75) is 52.7 Å². The second-order valence-electron chi connectivity index (χ2n) is 8.51. The zero-order valence-electron chi connectivity index (χ0n) is 18.4. The Balaban J connectivity index is 1.57. The van der Waals surface area contributed by atoms with Crippen molar-refractivity contribution in [1.82, 2.24) is 24.1 Å². The Morgan fingerprint density at radius 1 is 1.12 bits per heavy atom. The summed E-state index contributed by atoms with van der Waals surface area (Å²) in [5.74, 6) is 0.183. The molecule has 1 N–H and O–H groups in total. The Hall–Kier alpha value is -3.20. The molecule has 1 unspecified atom stereocenters. The smallest absolute Gasteiger partial charge is 0.352 e. The summed E-state index contributed by atoms with van der Waals surface area (Å²) in [6.07, 6.45) is 1.65. The minimum Gasteiger partial charge on any atom is -0.352 e. The van der Waals surface area contributed by atoms with E-state index in [9.17, 15) is 14.4 Å². The molecule has 32 heavy (non-hydrogen) atoms. The first-order valence-electron chi connectivity index (χ1n) is 10.8. The lowest BCUT2D eigenvalue weighted by atomic mass is 10.1. The van der Waals surface area contributed by atoms with Crippen molar-refractivity contribution in [3.8, 4) is 0 Å². The number of nitrogens with zero attached hydrogens (tertiary/aromatic N) is 4. The molecule has 4 rings (SSSR count). The van der Waals surface area contributed by atoms with E-state index in [1.165, 1.54) is 25.9 Å². The van der Waals surface area contributed by atoms with Gasteiger partial charge in [-0.2, -0.15) is 0 Å². The number of hydrogen-bond acceptors (Lipinski definition) is 5. The number of nitrogens with one attached hydrogen (secondary N) is 1. The van der Waals surface area contributed by atoms with Crippen molar-refractivity contribution in [2.24, 2.45) is 5.92 Å². The fourth-order valence-corrected chi connectivity index (χ4v) is 4.65. The lowest BCUT2D eigenvalue weighted by molar-refractivity contribution is -0.122. The third kappa shape index (κ3) is 4.38. The van der Waals surface area contributed by atoms with E-state index in [2.05, 4.69) is 22.5 Å². The van der Waals surface area contributed by atoms with Crippen molar-refractivity contribution in [1.29, 1.82) is 0 Å². The van der Waals surface area contributed by atoms with Gasteiger partial charge in [-0.1, -0.05) is 44.2 Å². The number of carbonyl (C=O) groups is 1. The van der Waals surface area contributed by atoms with Gasteiger partial charge in [-0.25, -0.2) is 13.9 Å². The average Bonchev–Trinajstić information content (AvgIpc) is 3.35. The molecular weight excluding hydrogens is 426 g/mol. The largest absolute Gasteiger partial charge is 0.352 e. The van der Waals surface area contributed by atoms with E-state index in [0.29, 0.717) is 16.8 Å². The second kappa shape index (κ2) is 9.12. The van der Waals surface area contributed by atoms with Crippen LogP contribution in [0, 0.1) is 5.92 Å². The molecule has 0 saturated heterocycles. The molecule has 8 nitrogen and oxygen atoms in total. The second-order valence-corrected chi connectivity index (χ2v) is 9.43. The van der Waals surface area contributed by atoms with Crippen LogP contribution in [0.1, 0.15) is 32.8 Å². The fourth-order valence-electron chi connectivity index (χ4n) is 3.82. The van der Waals surface area contributed by atoms with Crippen LogP contribution >= 0.6 is 11.3 Å². The molecule has 0 spiro atoms. The molecule has 0 bridgehead atoms. The minimum atomic E-state index is -0.423. The molecule has 0 aliphatic heterocycles. The highest BCUT2D eigenvalue weighted by molar-refractivity contribution is 7.17. The number of hydrogen-bond donors (Lipinski definition) is 1. The van der Waals surface area contributed by atoms with Crippen LogP contribution in [0.2, 0.25) is 0 Å². The average molecular weight is 454 g/mol. The van der Waals surface area contributed by atoms with Gasteiger partial charge in [-0.15, -0.1) is 16.4 Å². The number of benzene rings is 1. The van der Waals surface area contributed by atoms with Crippen LogP contribution in [0.15, 0.2) is 51.4 Å². The first kappa shape index (κ1) is 22.0. The van der Waals surface area contributed by atoms with E-state index in [4.69, 9.17) is 0 Å². The maximum absolute atomic E-state index is 13.1. The molecule has 0 saturated carbocycles. The molecule has 4 aromatic rings. The Morgan fingerprint density at radius 2 is 1.88 bits per heavy atom. The Labute approximate surface area is 189 Å². The number of fused-ring (bicyclic) bond motifs is 3. The number of rotatable bonds is 8. The van der Waals surface area contributed by atoms with Gasteiger partial charge in [-0.05, 0) is 42.7 Å². The van der Waals surface area contributed by atoms with Gasteiger partial charge in [0.05, 0.1) is 5.52 Å². The van der Waals surface area contributed by atoms with Crippen molar-refractivity contribution in [3.63, 3.8) is 0 Å². The zero-order valence-corrected chi connectivity index (χ0v) is 19.3. The van der Waals surface area contributed by atoms with Gasteiger partial charge >= 0.3 is 5.69 Å². The summed E-state index contributed by atoms with van der Waals surface area (Å²) in [6.45, 7) is 6.19. The number of carbonyl (C=O) groups excluding carboxylic acids is 1. The topological polar surface area (TPSA) is 90.4 Å². The van der Waals surface area contributed by atoms with Crippen LogP contribution in [0.4, 0.5) is 0 Å². The molecule has 3 aromatic heterocycles. The zero-order chi connectivity index (χ0) is 22.8. The molecule has 3 heterocycles. The Kier molecular flexibility index (Phi) is 6.27. The van der Waals surface area contributed by atoms with Crippen LogP contribution in [0.25, 0.3) is 16.0 Å². The highest BCUT2D eigenvalue weighted by atomic mass is 32.1. The predicted octanol–water partition coefficient (Wildman–Crippen LogP) is 2.67. The maximum atomic E-state index is 13.1. The Morgan fingerprint density at radius 3 is 2.59 bits per heavy atom. The van der Waals surface area contributed by atoms with Gasteiger partial charge < -0.3 is 5.32 Å². The van der Waals surface area contributed by atoms with Gasteiger partial charge in [-0.3, -0.25) is 14.2 Å². The number of aromatic nitrogens is 4. The van der Waals surface area contributed by atoms with Crippen LogP contribution in [0.5, 0.6) is 0 Å². The molecule has 9 heteroatoms. The van der Waals surface area contributed by atoms with Crippen molar-refractivity contribution < 1.29 is 4.79 Å². The fraction of sp³-hybridized carbons (Fsp3) is 0.391. The standard InChI is InChI=1S/C23H27N5O3S/c1-15(2)13-26-21(30)20-18(11-12-32-20)28-22(26)25-27(23(28)31)14-19(29)24-16(3)9-10-17-7-5-4-6-8-17/h4-8,11-12,15-16H,9-10,13-14H2,1-3H3,(H,24,29). The highest BCUT2D eigenvalue weighted by Gasteiger charge is 2.20. The molecule has 1 amide bonds. The van der Waals surface area contributed by atoms with Gasteiger partial charge in [0.15, 0.2) is 0 Å². The Bertz CT molecular complexity index is 1360.